The van der Waals surface area contributed by atoms with Crippen LogP contribution in [0.3, 0.4) is 0 Å². The molecule has 0 bridgehead atoms. The molecule has 0 aromatic carbocycles. The van der Waals surface area contributed by atoms with Crippen LogP contribution in [0.15, 0.2) is 4.99 Å². The molecule has 1 unspecified atom stereocenters. The van der Waals surface area contributed by atoms with E-state index < -0.39 is 11.0 Å². The molecule has 4 heteroatoms. The molecule has 0 saturated carbocycles. The van der Waals surface area contributed by atoms with Gasteiger partial charge in [-0.1, -0.05) is 0 Å². The molecule has 0 aliphatic heterocycles. The first kappa shape index (κ1) is 9.62. The van der Waals surface area contributed by atoms with Crippen LogP contribution in [0.2, 0.25) is 0 Å². The zero-order valence-corrected chi connectivity index (χ0v) is 7.66. The zero-order valence-electron chi connectivity index (χ0n) is 6.84. The third-order valence-corrected chi connectivity index (χ3v) is 2.28. The highest BCUT2D eigenvalue weighted by Crippen LogP contribution is 2.07. The second-order valence-corrected chi connectivity index (χ2v) is 4.88. The molecule has 0 amide bonds. The van der Waals surface area contributed by atoms with Gasteiger partial charge in [0.1, 0.15) is 11.0 Å². The predicted molar refractivity (Wildman–Crippen MR) is 45.4 cm³/mol. The first-order chi connectivity index (χ1) is 4.48. The Morgan fingerprint density at radius 2 is 2.00 bits per heavy atom. The summed E-state index contributed by atoms with van der Waals surface area (Å²) in [6.07, 6.45) is 1.45. The van der Waals surface area contributed by atoms with Gasteiger partial charge in [0.25, 0.3) is 0 Å². The van der Waals surface area contributed by atoms with Crippen molar-refractivity contribution in [1.29, 1.82) is 0 Å². The molecular formula is C6H14N2OS. The number of nitrogens with zero attached hydrogens (tertiary/aromatic N) is 1. The van der Waals surface area contributed by atoms with Crippen LogP contribution in [0, 0.1) is 0 Å². The van der Waals surface area contributed by atoms with Crippen molar-refractivity contribution >= 4 is 17.3 Å². The summed E-state index contributed by atoms with van der Waals surface area (Å²) in [5.41, 5.74) is 0. The van der Waals surface area contributed by atoms with E-state index in [1.807, 2.05) is 20.8 Å². The molecule has 0 heterocycles. The van der Waals surface area contributed by atoms with Crippen LogP contribution in [-0.2, 0) is 11.0 Å². The molecule has 10 heavy (non-hydrogen) atoms. The highest BCUT2D eigenvalue weighted by atomic mass is 32.2. The Kier molecular flexibility index (Phi) is 3.57. The lowest BCUT2D eigenvalue weighted by atomic mass is 10.3. The number of nitrogens with one attached hydrogen (secondary N) is 1. The van der Waals surface area contributed by atoms with Gasteiger partial charge in [-0.2, -0.15) is 0 Å². The van der Waals surface area contributed by atoms with Crippen LogP contribution < -0.4 is 4.72 Å². The monoisotopic (exact) mass is 162 g/mol. The highest BCUT2D eigenvalue weighted by Gasteiger charge is 2.17. The normalized spacial score (nSPS) is 15.6. The molecule has 0 spiro atoms. The molecule has 0 rings (SSSR count). The van der Waals surface area contributed by atoms with Crippen molar-refractivity contribution in [2.75, 3.05) is 7.05 Å². The van der Waals surface area contributed by atoms with E-state index in [1.165, 1.54) is 6.34 Å². The van der Waals surface area contributed by atoms with Crippen molar-refractivity contribution in [2.24, 2.45) is 4.99 Å². The molecule has 0 radical (unpaired) electrons. The minimum Gasteiger partial charge on any atom is -0.295 e. The number of aliphatic imine (C=N–C) groups is 1. The summed E-state index contributed by atoms with van der Waals surface area (Å²) in [5, 5.41) is 0. The molecule has 0 aromatic rings. The quantitative estimate of drug-likeness (QED) is 0.471. The Labute approximate surface area is 64.5 Å². The smallest absolute Gasteiger partial charge is 0.123 e. The van der Waals surface area contributed by atoms with Gasteiger partial charge in [0, 0.05) is 7.05 Å². The molecule has 0 aliphatic carbocycles. The van der Waals surface area contributed by atoms with Gasteiger partial charge in [-0.15, -0.1) is 0 Å². The van der Waals surface area contributed by atoms with Crippen molar-refractivity contribution in [1.82, 2.24) is 4.72 Å². The largest absolute Gasteiger partial charge is 0.295 e. The summed E-state index contributed by atoms with van der Waals surface area (Å²) in [4.78, 5) is 3.66. The summed E-state index contributed by atoms with van der Waals surface area (Å²) >= 11 is 0. The van der Waals surface area contributed by atoms with Crippen LogP contribution in [0.4, 0.5) is 0 Å². The lowest BCUT2D eigenvalue weighted by Crippen LogP contribution is -2.32. The van der Waals surface area contributed by atoms with E-state index in [0.29, 0.717) is 0 Å². The van der Waals surface area contributed by atoms with Gasteiger partial charge < -0.3 is 0 Å². The maximum Gasteiger partial charge on any atom is 0.123 e. The standard InChI is InChI=1S/C6H14N2OS/c1-6(2,3)10(9)8-5-7-4/h5H,1-4H3,(H,7,8). The Bertz CT molecular complexity index is 148. The van der Waals surface area contributed by atoms with E-state index in [9.17, 15) is 4.21 Å². The minimum atomic E-state index is -1.04. The first-order valence-electron chi connectivity index (χ1n) is 3.07. The van der Waals surface area contributed by atoms with Crippen molar-refractivity contribution in [2.45, 2.75) is 25.5 Å². The fourth-order valence-electron chi connectivity index (χ4n) is 0.277. The topological polar surface area (TPSA) is 41.5 Å². The summed E-state index contributed by atoms with van der Waals surface area (Å²) < 4.78 is 13.6. The Balaban J connectivity index is 3.86. The Hall–Kier alpha value is -0.380. The SMILES string of the molecule is CN=CNS(=O)C(C)(C)C. The molecule has 0 aliphatic rings. The number of hydrogen-bond donors (Lipinski definition) is 1. The summed E-state index contributed by atoms with van der Waals surface area (Å²) in [5.74, 6) is 0. The summed E-state index contributed by atoms with van der Waals surface area (Å²) in [6.45, 7) is 5.71. The molecular weight excluding hydrogens is 148 g/mol. The van der Waals surface area contributed by atoms with Gasteiger partial charge in [-0.25, -0.2) is 4.21 Å². The summed E-state index contributed by atoms with van der Waals surface area (Å²) in [6, 6.07) is 0. The molecule has 0 aromatic heterocycles. The lowest BCUT2D eigenvalue weighted by Gasteiger charge is -2.15. The van der Waals surface area contributed by atoms with Gasteiger partial charge in [-0.05, 0) is 20.8 Å². The fourth-order valence-corrected chi connectivity index (χ4v) is 0.832. The average molecular weight is 162 g/mol. The maximum atomic E-state index is 11.1. The molecule has 60 valence electrons. The van der Waals surface area contributed by atoms with Crippen LogP contribution in [0.25, 0.3) is 0 Å². The Morgan fingerprint density at radius 1 is 1.50 bits per heavy atom. The van der Waals surface area contributed by atoms with Crippen LogP contribution in [-0.4, -0.2) is 22.3 Å². The first-order valence-corrected chi connectivity index (χ1v) is 4.22. The zero-order chi connectivity index (χ0) is 8.20. The van der Waals surface area contributed by atoms with E-state index in [4.69, 9.17) is 0 Å². The molecule has 1 N–H and O–H groups in total. The number of hydrogen-bond acceptors (Lipinski definition) is 2. The predicted octanol–water partition coefficient (Wildman–Crippen LogP) is 0.696. The molecule has 3 nitrogen and oxygen atoms in total. The summed E-state index contributed by atoms with van der Waals surface area (Å²) in [7, 11) is 0.595. The lowest BCUT2D eigenvalue weighted by molar-refractivity contribution is 0.646. The van der Waals surface area contributed by atoms with E-state index in [1.54, 1.807) is 7.05 Å². The van der Waals surface area contributed by atoms with Gasteiger partial charge >= 0.3 is 0 Å². The second kappa shape index (κ2) is 3.71. The van der Waals surface area contributed by atoms with E-state index in [-0.39, 0.29) is 4.75 Å². The van der Waals surface area contributed by atoms with Crippen LogP contribution >= 0.6 is 0 Å². The van der Waals surface area contributed by atoms with Gasteiger partial charge in [0.15, 0.2) is 0 Å². The van der Waals surface area contributed by atoms with Gasteiger partial charge in [0.2, 0.25) is 0 Å². The van der Waals surface area contributed by atoms with E-state index in [2.05, 4.69) is 9.71 Å². The van der Waals surface area contributed by atoms with Crippen LogP contribution in [0.1, 0.15) is 20.8 Å². The van der Waals surface area contributed by atoms with Crippen molar-refractivity contribution < 1.29 is 4.21 Å². The van der Waals surface area contributed by atoms with E-state index >= 15 is 0 Å². The second-order valence-electron chi connectivity index (χ2n) is 2.89. The number of rotatable bonds is 2. The third kappa shape index (κ3) is 3.61. The van der Waals surface area contributed by atoms with Crippen LogP contribution in [0.5, 0.6) is 0 Å². The van der Waals surface area contributed by atoms with Gasteiger partial charge in [-0.3, -0.25) is 9.71 Å². The minimum absolute atomic E-state index is 0.221. The molecule has 0 saturated heterocycles. The average Bonchev–Trinajstić information content (AvgIpc) is 1.80. The van der Waals surface area contributed by atoms with Crippen molar-refractivity contribution in [3.05, 3.63) is 0 Å². The molecule has 0 fully saturated rings. The van der Waals surface area contributed by atoms with Gasteiger partial charge in [0.05, 0.1) is 11.1 Å². The van der Waals surface area contributed by atoms with E-state index in [0.717, 1.165) is 0 Å². The fraction of sp³-hybridized carbons (Fsp3) is 0.833. The van der Waals surface area contributed by atoms with Crippen molar-refractivity contribution in [3.8, 4) is 0 Å². The molecule has 1 atom stereocenters. The maximum absolute atomic E-state index is 11.1. The van der Waals surface area contributed by atoms with Crippen molar-refractivity contribution in [3.63, 3.8) is 0 Å². The highest BCUT2D eigenvalue weighted by molar-refractivity contribution is 7.84. The Morgan fingerprint density at radius 3 is 2.30 bits per heavy atom. The third-order valence-electron chi connectivity index (χ3n) is 0.845.